The highest BCUT2D eigenvalue weighted by Crippen LogP contribution is 2.35. The van der Waals surface area contributed by atoms with Gasteiger partial charge < -0.3 is 15.0 Å². The summed E-state index contributed by atoms with van der Waals surface area (Å²) in [5, 5.41) is 8.34. The molecule has 1 amide bonds. The molecule has 0 spiro atoms. The molecule has 2 N–H and O–H groups in total. The number of nitrogens with zero attached hydrogens (tertiary/aromatic N) is 3. The Balaban J connectivity index is 1.63. The number of halogens is 1. The van der Waals surface area contributed by atoms with Crippen LogP contribution in [0.2, 0.25) is 4.34 Å². The highest BCUT2D eigenvalue weighted by atomic mass is 35.5. The quantitative estimate of drug-likeness (QED) is 0.302. The average Bonchev–Trinajstić information content (AvgIpc) is 3.42. The van der Waals surface area contributed by atoms with Gasteiger partial charge in [-0.15, -0.1) is 11.3 Å². The standard InChI is InChI=1S/C24H26ClN5O3S3/c1-29(2)15-21(31)26-13-16-6-4-7-17(12-16)14-30-18-8-5-9-19(33-3)23(18)24(27-30)28-36(32,34)22-11-10-20(25)35-22/h4-12H,13-15H2,1-3H3,(H,26,31)(H,27,28). The Kier molecular flexibility index (Phi) is 8.16. The second-order valence-corrected chi connectivity index (χ2v) is 13.4. The Morgan fingerprint density at radius 2 is 1.94 bits per heavy atom. The largest absolute Gasteiger partial charge is 0.496 e. The van der Waals surface area contributed by atoms with Gasteiger partial charge in [-0.3, -0.25) is 14.2 Å². The minimum atomic E-state index is -3.06. The first-order valence-corrected chi connectivity index (χ1v) is 14.6. The van der Waals surface area contributed by atoms with Gasteiger partial charge in [-0.1, -0.05) is 41.9 Å². The predicted molar refractivity (Wildman–Crippen MR) is 149 cm³/mol. The van der Waals surface area contributed by atoms with Crippen molar-refractivity contribution in [1.29, 1.82) is 0 Å². The number of methoxy groups -OCH3 is 1. The minimum Gasteiger partial charge on any atom is -0.496 e. The van der Waals surface area contributed by atoms with Crippen LogP contribution in [0.1, 0.15) is 11.1 Å². The first kappa shape index (κ1) is 26.4. The van der Waals surface area contributed by atoms with Crippen LogP contribution >= 0.6 is 22.9 Å². The summed E-state index contributed by atoms with van der Waals surface area (Å²) in [5.74, 6) is 0.929. The number of nitrogens with one attached hydrogen (secondary N) is 2. The van der Waals surface area contributed by atoms with E-state index >= 15 is 0 Å². The lowest BCUT2D eigenvalue weighted by atomic mass is 10.1. The molecule has 0 radical (unpaired) electrons. The van der Waals surface area contributed by atoms with Crippen LogP contribution in [-0.4, -0.2) is 52.5 Å². The summed E-state index contributed by atoms with van der Waals surface area (Å²) < 4.78 is 24.7. The van der Waals surface area contributed by atoms with E-state index in [4.69, 9.17) is 32.6 Å². The van der Waals surface area contributed by atoms with Crippen LogP contribution in [0.3, 0.4) is 0 Å². The Morgan fingerprint density at radius 3 is 2.64 bits per heavy atom. The zero-order valence-corrected chi connectivity index (χ0v) is 23.2. The summed E-state index contributed by atoms with van der Waals surface area (Å²) >= 11 is 12.6. The van der Waals surface area contributed by atoms with Crippen molar-refractivity contribution in [2.24, 2.45) is 0 Å². The topological polar surface area (TPSA) is 88.5 Å². The van der Waals surface area contributed by atoms with Crippen molar-refractivity contribution >= 4 is 65.4 Å². The van der Waals surface area contributed by atoms with Crippen LogP contribution in [0.4, 0.5) is 5.82 Å². The molecule has 2 aromatic heterocycles. The molecule has 2 heterocycles. The highest BCUT2D eigenvalue weighted by Gasteiger charge is 2.21. The predicted octanol–water partition coefficient (Wildman–Crippen LogP) is 4.12. The van der Waals surface area contributed by atoms with Crippen molar-refractivity contribution in [2.45, 2.75) is 17.3 Å². The van der Waals surface area contributed by atoms with E-state index in [0.717, 1.165) is 16.6 Å². The third-order valence-corrected chi connectivity index (χ3v) is 9.49. The van der Waals surface area contributed by atoms with Gasteiger partial charge in [0.05, 0.1) is 35.4 Å². The fourth-order valence-corrected chi connectivity index (χ4v) is 6.94. The fraction of sp³-hybridized carbons (Fsp3) is 0.250. The Bertz CT molecular complexity index is 1500. The number of ether oxygens (including phenoxy) is 1. The molecule has 12 heteroatoms. The smallest absolute Gasteiger partial charge is 0.234 e. The molecular formula is C24H26ClN5O3S3. The van der Waals surface area contributed by atoms with Crippen LogP contribution in [-0.2, 0) is 37.8 Å². The van der Waals surface area contributed by atoms with Gasteiger partial charge in [-0.05, 0) is 49.5 Å². The van der Waals surface area contributed by atoms with Gasteiger partial charge in [-0.2, -0.15) is 5.10 Å². The molecule has 2 aromatic carbocycles. The number of hydrogen-bond donors (Lipinski definition) is 2. The van der Waals surface area contributed by atoms with Crippen LogP contribution in [0.5, 0.6) is 5.75 Å². The summed E-state index contributed by atoms with van der Waals surface area (Å²) in [6, 6.07) is 16.9. The van der Waals surface area contributed by atoms with Crippen molar-refractivity contribution in [2.75, 3.05) is 32.5 Å². The summed E-state index contributed by atoms with van der Waals surface area (Å²) in [6.45, 7) is 1.22. The number of hydrogen-bond acceptors (Lipinski definition) is 7. The molecule has 36 heavy (non-hydrogen) atoms. The molecule has 1 atom stereocenters. The number of anilines is 1. The first-order valence-electron chi connectivity index (χ1n) is 11.0. The summed E-state index contributed by atoms with van der Waals surface area (Å²) in [4.78, 5) is 13.8. The average molecular weight is 564 g/mol. The molecule has 0 aliphatic carbocycles. The van der Waals surface area contributed by atoms with Crippen LogP contribution in [0.25, 0.3) is 10.9 Å². The van der Waals surface area contributed by atoms with E-state index in [-0.39, 0.29) is 5.91 Å². The second-order valence-electron chi connectivity index (χ2n) is 8.36. The Hall–Kier alpha value is -2.70. The Labute approximate surface area is 224 Å². The third-order valence-electron chi connectivity index (χ3n) is 5.28. The van der Waals surface area contributed by atoms with Crippen LogP contribution in [0.15, 0.2) is 58.8 Å². The van der Waals surface area contributed by atoms with Crippen molar-refractivity contribution in [3.05, 3.63) is 70.1 Å². The van der Waals surface area contributed by atoms with Gasteiger partial charge in [0.15, 0.2) is 14.5 Å². The molecule has 0 aliphatic heterocycles. The number of carbonyl (C=O) groups excluding carboxylic acids is 1. The molecule has 190 valence electrons. The van der Waals surface area contributed by atoms with E-state index in [9.17, 15) is 9.00 Å². The maximum Gasteiger partial charge on any atom is 0.234 e. The monoisotopic (exact) mass is 563 g/mol. The first-order chi connectivity index (χ1) is 17.2. The van der Waals surface area contributed by atoms with Crippen LogP contribution < -0.4 is 14.8 Å². The van der Waals surface area contributed by atoms with Gasteiger partial charge in [0.1, 0.15) is 9.96 Å². The number of benzene rings is 2. The van der Waals surface area contributed by atoms with Crippen molar-refractivity contribution < 1.29 is 13.7 Å². The number of rotatable bonds is 10. The molecular weight excluding hydrogens is 538 g/mol. The minimum absolute atomic E-state index is 0.0363. The maximum atomic E-state index is 13.3. The maximum absolute atomic E-state index is 13.3. The van der Waals surface area contributed by atoms with E-state index in [1.54, 1.807) is 19.2 Å². The lowest BCUT2D eigenvalue weighted by Gasteiger charge is -2.11. The molecule has 4 aromatic rings. The lowest BCUT2D eigenvalue weighted by Crippen LogP contribution is -2.32. The number of fused-ring (bicyclic) bond motifs is 1. The van der Waals surface area contributed by atoms with E-state index < -0.39 is 8.68 Å². The highest BCUT2D eigenvalue weighted by molar-refractivity contribution is 8.34. The van der Waals surface area contributed by atoms with Crippen LogP contribution in [0, 0.1) is 0 Å². The molecule has 0 aliphatic rings. The SMILES string of the molecule is COc1cccc2c1c(NS(=O)(=S)c1ccc(Cl)s1)nn2Cc1cccc(CNC(=O)CN(C)C)c1. The van der Waals surface area contributed by atoms with Gasteiger partial charge in [0, 0.05) is 17.7 Å². The van der Waals surface area contributed by atoms with Gasteiger partial charge >= 0.3 is 0 Å². The molecule has 0 saturated heterocycles. The molecule has 0 saturated carbocycles. The summed E-state index contributed by atoms with van der Waals surface area (Å²) in [5.41, 5.74) is 2.78. The third kappa shape index (κ3) is 6.16. The zero-order chi connectivity index (χ0) is 25.9. The van der Waals surface area contributed by atoms with Crippen molar-refractivity contribution in [3.63, 3.8) is 0 Å². The van der Waals surface area contributed by atoms with E-state index in [0.29, 0.717) is 45.1 Å². The second kappa shape index (κ2) is 11.1. The molecule has 0 bridgehead atoms. The number of likely N-dealkylation sites (N-methyl/N-ethyl adjacent to an activating group) is 1. The van der Waals surface area contributed by atoms with Gasteiger partial charge in [0.2, 0.25) is 5.91 Å². The number of thiophene rings is 1. The van der Waals surface area contributed by atoms with E-state index in [1.165, 1.54) is 11.3 Å². The van der Waals surface area contributed by atoms with Gasteiger partial charge in [-0.25, -0.2) is 4.21 Å². The molecule has 0 fully saturated rings. The molecule has 1 unspecified atom stereocenters. The Morgan fingerprint density at radius 1 is 1.19 bits per heavy atom. The summed E-state index contributed by atoms with van der Waals surface area (Å²) in [6.07, 6.45) is 0. The fourth-order valence-electron chi connectivity index (χ4n) is 3.73. The zero-order valence-electron chi connectivity index (χ0n) is 20.0. The van der Waals surface area contributed by atoms with E-state index in [1.807, 2.05) is 66.1 Å². The number of amides is 1. The van der Waals surface area contributed by atoms with E-state index in [2.05, 4.69) is 10.0 Å². The summed E-state index contributed by atoms with van der Waals surface area (Å²) in [7, 11) is 2.23. The molecule has 4 rings (SSSR count). The normalized spacial score (nSPS) is 13.0. The van der Waals surface area contributed by atoms with Gasteiger partial charge in [0.25, 0.3) is 0 Å². The number of aromatic nitrogens is 2. The lowest BCUT2D eigenvalue weighted by molar-refractivity contribution is -0.121. The van der Waals surface area contributed by atoms with Crippen molar-refractivity contribution in [3.8, 4) is 5.75 Å². The number of carbonyl (C=O) groups is 1. The van der Waals surface area contributed by atoms with Crippen molar-refractivity contribution in [1.82, 2.24) is 20.0 Å². The molecule has 8 nitrogen and oxygen atoms in total.